The van der Waals surface area contributed by atoms with Gasteiger partial charge in [-0.3, -0.25) is 5.09 Å². The van der Waals surface area contributed by atoms with Gasteiger partial charge in [0.05, 0.1) is 0 Å². The number of hydrogen-bond donors (Lipinski definition) is 2. The largest absolute Gasteiger partial charge is 0.324 e. The van der Waals surface area contributed by atoms with Gasteiger partial charge in [-0.25, -0.2) is 0 Å². The molecule has 1 fully saturated rings. The molecule has 0 aromatic heterocycles. The topological polar surface area (TPSA) is 38.0 Å². The zero-order chi connectivity index (χ0) is 9.57. The van der Waals surface area contributed by atoms with E-state index < -0.39 is 0 Å². The maximum absolute atomic E-state index is 6.33. The summed E-state index contributed by atoms with van der Waals surface area (Å²) in [5, 5.41) is 3.14. The molecule has 1 atom stereocenters. The molecule has 1 saturated carbocycles. The van der Waals surface area contributed by atoms with Gasteiger partial charge >= 0.3 is 0 Å². The Hall–Kier alpha value is 0.350. The molecular weight excluding hydrogens is 179 g/mol. The van der Waals surface area contributed by atoms with E-state index >= 15 is 0 Å². The van der Waals surface area contributed by atoms with E-state index in [9.17, 15) is 0 Å². The minimum absolute atomic E-state index is 0.0616. The lowest BCUT2D eigenvalue weighted by Crippen LogP contribution is -2.46. The molecule has 0 radical (unpaired) electrons. The molecule has 1 rings (SSSR count). The van der Waals surface area contributed by atoms with Gasteiger partial charge in [-0.2, -0.15) is 0 Å². The van der Waals surface area contributed by atoms with Gasteiger partial charge in [0.15, 0.2) is 0 Å². The summed E-state index contributed by atoms with van der Waals surface area (Å²) in [4.78, 5) is 0. The maximum atomic E-state index is 6.33. The molecule has 13 heavy (non-hydrogen) atoms. The van der Waals surface area contributed by atoms with Crippen LogP contribution in [0.5, 0.6) is 0 Å². The van der Waals surface area contributed by atoms with Crippen molar-refractivity contribution in [3.05, 3.63) is 0 Å². The van der Waals surface area contributed by atoms with Crippen molar-refractivity contribution in [1.29, 1.82) is 0 Å². The van der Waals surface area contributed by atoms with Crippen LogP contribution in [0.2, 0.25) is 0 Å². The Morgan fingerprint density at radius 1 is 1.00 bits per heavy atom. The Kier molecular flexibility index (Phi) is 5.23. The highest BCUT2D eigenvalue weighted by atomic mass is 31.0. The van der Waals surface area contributed by atoms with Crippen LogP contribution in [0.4, 0.5) is 0 Å². The third-order valence-corrected chi connectivity index (χ3v) is 3.26. The number of hydrogen-bond acceptors (Lipinski definition) is 2. The Balaban J connectivity index is 2.39. The summed E-state index contributed by atoms with van der Waals surface area (Å²) in [6, 6.07) is 0. The van der Waals surface area contributed by atoms with Crippen LogP contribution >= 0.6 is 9.39 Å². The Morgan fingerprint density at radius 3 is 1.92 bits per heavy atom. The minimum Gasteiger partial charge on any atom is -0.324 e. The van der Waals surface area contributed by atoms with Crippen molar-refractivity contribution in [1.82, 2.24) is 5.09 Å². The number of rotatable bonds is 2. The zero-order valence-corrected chi connectivity index (χ0v) is 9.67. The Bertz CT molecular complexity index is 129. The van der Waals surface area contributed by atoms with Crippen molar-refractivity contribution in [2.75, 3.05) is 6.54 Å². The monoisotopic (exact) mass is 202 g/mol. The van der Waals surface area contributed by atoms with Gasteiger partial charge < -0.3 is 5.73 Å². The fourth-order valence-corrected chi connectivity index (χ4v) is 2.57. The number of nitrogens with two attached hydrogens (primary N) is 1. The van der Waals surface area contributed by atoms with Crippen molar-refractivity contribution < 1.29 is 0 Å². The van der Waals surface area contributed by atoms with Gasteiger partial charge in [-0.15, -0.1) is 0 Å². The van der Waals surface area contributed by atoms with Gasteiger partial charge in [0.2, 0.25) is 0 Å². The second kappa shape index (κ2) is 5.95. The molecule has 78 valence electrons. The predicted molar refractivity (Wildman–Crippen MR) is 61.6 cm³/mol. The second-order valence-electron chi connectivity index (χ2n) is 4.36. The van der Waals surface area contributed by atoms with Crippen LogP contribution in [0.15, 0.2) is 0 Å². The smallest absolute Gasteiger partial charge is 0.0283 e. The third kappa shape index (κ3) is 4.39. The first-order valence-corrected chi connectivity index (χ1v) is 6.07. The summed E-state index contributed by atoms with van der Waals surface area (Å²) in [6.45, 7) is 0.942. The molecule has 1 aliphatic carbocycles. The molecule has 0 aliphatic heterocycles. The van der Waals surface area contributed by atoms with Crippen LogP contribution in [0, 0.1) is 0 Å². The lowest BCUT2D eigenvalue weighted by Gasteiger charge is -2.28. The van der Waals surface area contributed by atoms with Gasteiger partial charge in [-0.05, 0) is 12.8 Å². The van der Waals surface area contributed by atoms with Crippen molar-refractivity contribution in [2.24, 2.45) is 5.73 Å². The molecule has 0 saturated heterocycles. The van der Waals surface area contributed by atoms with Crippen molar-refractivity contribution in [3.8, 4) is 0 Å². The molecular formula is C10H23N2P. The van der Waals surface area contributed by atoms with Crippen LogP contribution in [0.1, 0.15) is 51.4 Å². The third-order valence-electron chi connectivity index (χ3n) is 3.05. The molecule has 0 aromatic carbocycles. The first kappa shape index (κ1) is 11.4. The predicted octanol–water partition coefficient (Wildman–Crippen LogP) is 2.20. The van der Waals surface area contributed by atoms with Gasteiger partial charge in [0, 0.05) is 12.1 Å². The highest BCUT2D eigenvalue weighted by molar-refractivity contribution is 7.13. The standard InChI is InChI=1S/C10H23N2P/c11-10(9-12-13)7-5-3-1-2-4-6-8-10/h12H,1-9,11,13H2. The summed E-state index contributed by atoms with van der Waals surface area (Å²) < 4.78 is 0. The van der Waals surface area contributed by atoms with E-state index in [1.165, 1.54) is 51.4 Å². The van der Waals surface area contributed by atoms with E-state index in [0.717, 1.165) is 6.54 Å². The van der Waals surface area contributed by atoms with E-state index in [2.05, 4.69) is 14.5 Å². The highest BCUT2D eigenvalue weighted by Crippen LogP contribution is 2.23. The summed E-state index contributed by atoms with van der Waals surface area (Å²) >= 11 is 0. The first-order chi connectivity index (χ1) is 6.27. The van der Waals surface area contributed by atoms with E-state index in [1.54, 1.807) is 0 Å². The van der Waals surface area contributed by atoms with Crippen LogP contribution < -0.4 is 10.8 Å². The summed E-state index contributed by atoms with van der Waals surface area (Å²) in [5.74, 6) is 0. The highest BCUT2D eigenvalue weighted by Gasteiger charge is 2.23. The fraction of sp³-hybridized carbons (Fsp3) is 1.00. The molecule has 3 N–H and O–H groups in total. The van der Waals surface area contributed by atoms with Crippen molar-refractivity contribution in [3.63, 3.8) is 0 Å². The SMILES string of the molecule is NC1(CNP)CCCCCCCC1. The molecule has 0 aromatic rings. The van der Waals surface area contributed by atoms with Gasteiger partial charge in [0.1, 0.15) is 0 Å². The van der Waals surface area contributed by atoms with Crippen LogP contribution in [0.25, 0.3) is 0 Å². The van der Waals surface area contributed by atoms with Crippen LogP contribution in [-0.4, -0.2) is 12.1 Å². The zero-order valence-electron chi connectivity index (χ0n) is 8.52. The van der Waals surface area contributed by atoms with E-state index in [0.29, 0.717) is 0 Å². The van der Waals surface area contributed by atoms with Crippen LogP contribution in [0.3, 0.4) is 0 Å². The molecule has 0 bridgehead atoms. The lowest BCUT2D eigenvalue weighted by atomic mass is 9.89. The normalized spacial score (nSPS) is 24.5. The molecule has 3 heteroatoms. The van der Waals surface area contributed by atoms with E-state index in [1.807, 2.05) is 0 Å². The molecule has 0 heterocycles. The average molecular weight is 202 g/mol. The fourth-order valence-electron chi connectivity index (χ4n) is 2.17. The maximum Gasteiger partial charge on any atom is 0.0283 e. The summed E-state index contributed by atoms with van der Waals surface area (Å²) in [6.07, 6.45) is 10.6. The molecule has 1 unspecified atom stereocenters. The van der Waals surface area contributed by atoms with E-state index in [4.69, 9.17) is 5.73 Å². The van der Waals surface area contributed by atoms with Gasteiger partial charge in [-0.1, -0.05) is 47.9 Å². The van der Waals surface area contributed by atoms with E-state index in [-0.39, 0.29) is 5.54 Å². The lowest BCUT2D eigenvalue weighted by molar-refractivity contribution is 0.351. The first-order valence-electron chi connectivity index (χ1n) is 5.49. The molecule has 0 amide bonds. The molecule has 1 aliphatic rings. The molecule has 0 spiro atoms. The van der Waals surface area contributed by atoms with Crippen molar-refractivity contribution >= 4 is 9.39 Å². The quantitative estimate of drug-likeness (QED) is 0.674. The summed E-state index contributed by atoms with van der Waals surface area (Å²) in [5.41, 5.74) is 6.39. The average Bonchev–Trinajstić information content (AvgIpc) is 2.18. The number of nitrogens with one attached hydrogen (secondary N) is 1. The summed E-state index contributed by atoms with van der Waals surface area (Å²) in [7, 11) is 2.56. The Labute approximate surface area is 84.3 Å². The van der Waals surface area contributed by atoms with Crippen molar-refractivity contribution in [2.45, 2.75) is 56.9 Å². The second-order valence-corrected chi connectivity index (χ2v) is 4.77. The Morgan fingerprint density at radius 2 is 1.46 bits per heavy atom. The van der Waals surface area contributed by atoms with Gasteiger partial charge in [0.25, 0.3) is 0 Å². The molecule has 2 nitrogen and oxygen atoms in total. The van der Waals surface area contributed by atoms with Crippen LogP contribution in [-0.2, 0) is 0 Å². The minimum atomic E-state index is 0.0616.